The topological polar surface area (TPSA) is 69.7 Å². The van der Waals surface area contributed by atoms with Crippen LogP contribution in [0.5, 0.6) is 0 Å². The lowest BCUT2D eigenvalue weighted by molar-refractivity contribution is -0.135. The van der Waals surface area contributed by atoms with Crippen molar-refractivity contribution in [2.45, 2.75) is 90.3 Å². The number of carbonyl (C=O) groups excluding carboxylic acids is 3. The molecule has 0 spiro atoms. The van der Waals surface area contributed by atoms with Gasteiger partial charge in [-0.1, -0.05) is 6.92 Å². The largest absolute Gasteiger partial charge is 0.353 e. The van der Waals surface area contributed by atoms with Crippen LogP contribution in [0.15, 0.2) is 0 Å². The number of nitrogens with zero attached hydrogens (tertiary/aromatic N) is 2. The first-order valence-electron chi connectivity index (χ1n) is 9.88. The molecule has 2 fully saturated rings. The molecule has 142 valence electrons. The zero-order valence-electron chi connectivity index (χ0n) is 15.9. The molecule has 0 saturated carbocycles. The van der Waals surface area contributed by atoms with E-state index in [1.807, 2.05) is 20.8 Å². The fourth-order valence-electron chi connectivity index (χ4n) is 4.32. The molecule has 0 aromatic carbocycles. The molecule has 25 heavy (non-hydrogen) atoms. The molecule has 2 bridgehead atoms. The van der Waals surface area contributed by atoms with Gasteiger partial charge in [-0.2, -0.15) is 0 Å². The molecule has 0 radical (unpaired) electrons. The number of carbonyl (C=O) groups is 3. The molecule has 1 unspecified atom stereocenters. The molecule has 2 aliphatic heterocycles. The van der Waals surface area contributed by atoms with Crippen molar-refractivity contribution in [3.05, 3.63) is 0 Å². The minimum Gasteiger partial charge on any atom is -0.353 e. The van der Waals surface area contributed by atoms with Crippen molar-refractivity contribution >= 4 is 17.7 Å². The third kappa shape index (κ3) is 4.95. The highest BCUT2D eigenvalue weighted by molar-refractivity contribution is 5.79. The summed E-state index contributed by atoms with van der Waals surface area (Å²) < 4.78 is 0. The van der Waals surface area contributed by atoms with Crippen molar-refractivity contribution in [2.75, 3.05) is 13.1 Å². The quantitative estimate of drug-likeness (QED) is 0.728. The third-order valence-corrected chi connectivity index (χ3v) is 5.60. The van der Waals surface area contributed by atoms with E-state index in [0.717, 1.165) is 38.8 Å². The molecule has 1 N–H and O–H groups in total. The predicted molar refractivity (Wildman–Crippen MR) is 96.9 cm³/mol. The number of hydrogen-bond donors (Lipinski definition) is 1. The smallest absolute Gasteiger partial charge is 0.222 e. The lowest BCUT2D eigenvalue weighted by atomic mass is 9.96. The van der Waals surface area contributed by atoms with Crippen LogP contribution in [0.2, 0.25) is 0 Å². The molecule has 2 heterocycles. The minimum atomic E-state index is 0.0343. The average molecular weight is 351 g/mol. The summed E-state index contributed by atoms with van der Waals surface area (Å²) in [6.07, 6.45) is 5.84. The van der Waals surface area contributed by atoms with Gasteiger partial charge in [-0.3, -0.25) is 14.4 Å². The van der Waals surface area contributed by atoms with Crippen LogP contribution in [0.1, 0.15) is 72.1 Å². The van der Waals surface area contributed by atoms with Crippen molar-refractivity contribution in [1.82, 2.24) is 15.1 Å². The van der Waals surface area contributed by atoms with Gasteiger partial charge in [0.15, 0.2) is 0 Å². The van der Waals surface area contributed by atoms with Crippen molar-refractivity contribution in [3.63, 3.8) is 0 Å². The molecule has 2 aliphatic rings. The molecular weight excluding hydrogens is 318 g/mol. The maximum Gasteiger partial charge on any atom is 0.222 e. The maximum atomic E-state index is 12.2. The molecule has 0 aromatic rings. The van der Waals surface area contributed by atoms with E-state index < -0.39 is 0 Å². The summed E-state index contributed by atoms with van der Waals surface area (Å²) in [4.78, 5) is 40.1. The maximum absolute atomic E-state index is 12.2. The van der Waals surface area contributed by atoms with E-state index in [2.05, 4.69) is 10.2 Å². The van der Waals surface area contributed by atoms with Crippen LogP contribution in [0.3, 0.4) is 0 Å². The zero-order chi connectivity index (χ0) is 18.4. The van der Waals surface area contributed by atoms with E-state index in [-0.39, 0.29) is 23.8 Å². The fraction of sp³-hybridized carbons (Fsp3) is 0.842. The third-order valence-electron chi connectivity index (χ3n) is 5.60. The molecule has 0 aromatic heterocycles. The lowest BCUT2D eigenvalue weighted by Gasteiger charge is -2.39. The van der Waals surface area contributed by atoms with E-state index >= 15 is 0 Å². The molecule has 3 amide bonds. The van der Waals surface area contributed by atoms with Crippen LogP contribution in [0.25, 0.3) is 0 Å². The predicted octanol–water partition coefficient (Wildman–Crippen LogP) is 2.07. The van der Waals surface area contributed by atoms with Gasteiger partial charge in [0.1, 0.15) is 0 Å². The van der Waals surface area contributed by atoms with Crippen molar-refractivity contribution in [2.24, 2.45) is 0 Å². The lowest BCUT2D eigenvalue weighted by Crippen LogP contribution is -2.52. The fourth-order valence-corrected chi connectivity index (χ4v) is 4.32. The SMILES string of the molecule is CCC(=O)N1[C@@H]2CC[C@H]1CC(NC(=O)CCCC(=O)N(CC)CC)C2. The van der Waals surface area contributed by atoms with Crippen LogP contribution < -0.4 is 5.32 Å². The van der Waals surface area contributed by atoms with E-state index in [0.29, 0.717) is 37.8 Å². The second-order valence-electron chi connectivity index (χ2n) is 7.19. The summed E-state index contributed by atoms with van der Waals surface area (Å²) in [5.41, 5.74) is 0. The Morgan fingerprint density at radius 3 is 2.12 bits per heavy atom. The standard InChI is InChI=1S/C19H33N3O3/c1-4-18(24)22-15-10-11-16(22)13-14(12-15)20-17(23)8-7-9-19(25)21(5-2)6-3/h14-16H,4-13H2,1-3H3,(H,20,23)/t14?,15-,16+. The Labute approximate surface area is 151 Å². The summed E-state index contributed by atoms with van der Waals surface area (Å²) in [6.45, 7) is 7.30. The molecule has 6 nitrogen and oxygen atoms in total. The number of piperidine rings is 1. The zero-order valence-corrected chi connectivity index (χ0v) is 15.9. The van der Waals surface area contributed by atoms with Crippen LogP contribution in [-0.2, 0) is 14.4 Å². The Bertz CT molecular complexity index is 476. The van der Waals surface area contributed by atoms with Crippen LogP contribution in [0, 0.1) is 0 Å². The van der Waals surface area contributed by atoms with Crippen molar-refractivity contribution in [1.29, 1.82) is 0 Å². The summed E-state index contributed by atoms with van der Waals surface area (Å²) in [6, 6.07) is 0.755. The highest BCUT2D eigenvalue weighted by Gasteiger charge is 2.42. The van der Waals surface area contributed by atoms with Crippen LogP contribution in [0.4, 0.5) is 0 Å². The first kappa shape index (κ1) is 19.7. The first-order chi connectivity index (χ1) is 12.0. The Morgan fingerprint density at radius 2 is 1.60 bits per heavy atom. The molecule has 6 heteroatoms. The molecular formula is C19H33N3O3. The number of hydrogen-bond acceptors (Lipinski definition) is 3. The van der Waals surface area contributed by atoms with E-state index in [9.17, 15) is 14.4 Å². The van der Waals surface area contributed by atoms with Crippen molar-refractivity contribution in [3.8, 4) is 0 Å². The van der Waals surface area contributed by atoms with E-state index in [1.165, 1.54) is 0 Å². The van der Waals surface area contributed by atoms with Crippen LogP contribution >= 0.6 is 0 Å². The van der Waals surface area contributed by atoms with Gasteiger partial charge < -0.3 is 15.1 Å². The molecule has 2 saturated heterocycles. The van der Waals surface area contributed by atoms with E-state index in [4.69, 9.17) is 0 Å². The summed E-state index contributed by atoms with van der Waals surface area (Å²) in [5, 5.41) is 3.13. The number of amides is 3. The summed E-state index contributed by atoms with van der Waals surface area (Å²) in [7, 11) is 0. The Kier molecular flexibility index (Phi) is 7.26. The van der Waals surface area contributed by atoms with Crippen molar-refractivity contribution < 1.29 is 14.4 Å². The highest BCUT2D eigenvalue weighted by Crippen LogP contribution is 2.36. The van der Waals surface area contributed by atoms with Gasteiger partial charge in [0.05, 0.1) is 0 Å². The average Bonchev–Trinajstić information content (AvgIpc) is 2.86. The number of rotatable bonds is 8. The van der Waals surface area contributed by atoms with Gasteiger partial charge in [0, 0.05) is 50.5 Å². The summed E-state index contributed by atoms with van der Waals surface area (Å²) in [5.74, 6) is 0.404. The minimum absolute atomic E-state index is 0.0343. The van der Waals surface area contributed by atoms with Gasteiger partial charge in [-0.05, 0) is 46.0 Å². The second-order valence-corrected chi connectivity index (χ2v) is 7.19. The van der Waals surface area contributed by atoms with Gasteiger partial charge in [0.25, 0.3) is 0 Å². The van der Waals surface area contributed by atoms with Crippen LogP contribution in [-0.4, -0.2) is 58.7 Å². The molecule has 2 rings (SSSR count). The Hall–Kier alpha value is -1.59. The normalized spacial score (nSPS) is 24.9. The molecule has 0 aliphatic carbocycles. The van der Waals surface area contributed by atoms with Gasteiger partial charge in [-0.15, -0.1) is 0 Å². The Morgan fingerprint density at radius 1 is 1.00 bits per heavy atom. The van der Waals surface area contributed by atoms with Gasteiger partial charge in [-0.25, -0.2) is 0 Å². The number of fused-ring (bicyclic) bond motifs is 2. The van der Waals surface area contributed by atoms with Gasteiger partial charge in [0.2, 0.25) is 17.7 Å². The first-order valence-corrected chi connectivity index (χ1v) is 9.88. The molecule has 3 atom stereocenters. The monoisotopic (exact) mass is 351 g/mol. The Balaban J connectivity index is 1.72. The van der Waals surface area contributed by atoms with E-state index in [1.54, 1.807) is 4.90 Å². The highest BCUT2D eigenvalue weighted by atomic mass is 16.2. The van der Waals surface area contributed by atoms with Gasteiger partial charge >= 0.3 is 0 Å². The number of nitrogens with one attached hydrogen (secondary N) is 1. The summed E-state index contributed by atoms with van der Waals surface area (Å²) >= 11 is 0. The second kappa shape index (κ2) is 9.20.